The molecule has 0 spiro atoms. The summed E-state index contributed by atoms with van der Waals surface area (Å²) in [5.74, 6) is 0.115. The molecule has 3 aromatic rings. The van der Waals surface area contributed by atoms with Gasteiger partial charge in [0.1, 0.15) is 0 Å². The smallest absolute Gasteiger partial charge is 0.304 e. The predicted molar refractivity (Wildman–Crippen MR) is 101 cm³/mol. The molecular weight excluding hydrogens is 392 g/mol. The molecule has 1 saturated carbocycles. The summed E-state index contributed by atoms with van der Waals surface area (Å²) < 4.78 is 28.4. The third-order valence-corrected chi connectivity index (χ3v) is 6.69. The lowest BCUT2D eigenvalue weighted by Crippen LogP contribution is -2.29. The van der Waals surface area contributed by atoms with Crippen LogP contribution >= 0.6 is 11.6 Å². The quantitative estimate of drug-likeness (QED) is 0.684. The zero-order chi connectivity index (χ0) is 19.3. The normalized spacial score (nSPS) is 14.7. The van der Waals surface area contributed by atoms with E-state index in [1.807, 2.05) is 0 Å². The molecule has 0 saturated heterocycles. The highest BCUT2D eigenvalue weighted by Crippen LogP contribution is 2.32. The van der Waals surface area contributed by atoms with Gasteiger partial charge in [-0.3, -0.25) is 14.3 Å². The molecule has 0 bridgehead atoms. The molecule has 0 atom stereocenters. The summed E-state index contributed by atoms with van der Waals surface area (Å²) >= 11 is 5.91. The minimum atomic E-state index is -3.71. The Morgan fingerprint density at radius 1 is 1.22 bits per heavy atom. The van der Waals surface area contributed by atoms with Gasteiger partial charge in [0.05, 0.1) is 12.3 Å². The summed E-state index contributed by atoms with van der Waals surface area (Å²) in [7, 11) is -2.26. The minimum absolute atomic E-state index is 0.0111. The number of rotatable bonds is 5. The molecule has 0 unspecified atom stereocenters. The Hall–Kier alpha value is -2.39. The second-order valence-corrected chi connectivity index (χ2v) is 9.19. The number of nitrogens with zero attached hydrogens (tertiary/aromatic N) is 3. The van der Waals surface area contributed by atoms with E-state index in [9.17, 15) is 18.0 Å². The van der Waals surface area contributed by atoms with Crippen molar-refractivity contribution in [3.05, 3.63) is 55.7 Å². The molecule has 1 fully saturated rings. The van der Waals surface area contributed by atoms with Crippen molar-refractivity contribution < 1.29 is 8.42 Å². The van der Waals surface area contributed by atoms with Crippen molar-refractivity contribution in [2.45, 2.75) is 24.5 Å². The van der Waals surface area contributed by atoms with Crippen molar-refractivity contribution in [2.24, 2.45) is 13.0 Å². The second kappa shape index (κ2) is 6.35. The fourth-order valence-corrected chi connectivity index (χ4v) is 4.99. The van der Waals surface area contributed by atoms with E-state index in [0.717, 1.165) is 23.0 Å². The van der Waals surface area contributed by atoms with E-state index in [0.29, 0.717) is 5.02 Å². The highest BCUT2D eigenvalue weighted by atomic mass is 35.5. The number of hydrogen-bond donors (Lipinski definition) is 1. The first-order valence-corrected chi connectivity index (χ1v) is 10.5. The number of fused-ring (bicyclic) bond motifs is 1. The van der Waals surface area contributed by atoms with Crippen molar-refractivity contribution >= 4 is 32.6 Å². The lowest BCUT2D eigenvalue weighted by atomic mass is 10.2. The van der Waals surface area contributed by atoms with Gasteiger partial charge in [0.25, 0.3) is 5.56 Å². The molecule has 2 aromatic heterocycles. The fraction of sp³-hybridized carbons (Fsp3) is 0.353. The standard InChI is InChI=1S/C17H17ClN4O4S/c1-21-14-13(15(23)20-16(21)24)22(8-10-4-6-12(18)7-5-10)17(19-14)27(25,26)9-11-2-3-11/h4-7,11H,2-3,8-9H2,1H3,(H,20,23,24). The molecule has 27 heavy (non-hydrogen) atoms. The molecule has 0 aliphatic heterocycles. The number of benzene rings is 1. The monoisotopic (exact) mass is 408 g/mol. The number of aryl methyl sites for hydroxylation is 1. The van der Waals surface area contributed by atoms with Crippen LogP contribution in [0, 0.1) is 5.92 Å². The number of imidazole rings is 1. The maximum Gasteiger partial charge on any atom is 0.329 e. The van der Waals surface area contributed by atoms with Crippen LogP contribution in [0.2, 0.25) is 5.02 Å². The second-order valence-electron chi connectivity index (χ2n) is 6.82. The third-order valence-electron chi connectivity index (χ3n) is 4.66. The van der Waals surface area contributed by atoms with Crippen LogP contribution in [0.5, 0.6) is 0 Å². The zero-order valence-electron chi connectivity index (χ0n) is 14.5. The first kappa shape index (κ1) is 18.0. The Bertz CT molecular complexity index is 1250. The summed E-state index contributed by atoms with van der Waals surface area (Å²) in [6, 6.07) is 6.88. The zero-order valence-corrected chi connectivity index (χ0v) is 16.0. The summed E-state index contributed by atoms with van der Waals surface area (Å²) in [6.45, 7) is 0.119. The van der Waals surface area contributed by atoms with Gasteiger partial charge in [-0.05, 0) is 36.5 Å². The number of aromatic nitrogens is 4. The SMILES string of the molecule is Cn1c(=O)[nH]c(=O)c2c1nc(S(=O)(=O)CC1CC1)n2Cc1ccc(Cl)cc1. The van der Waals surface area contributed by atoms with Crippen LogP contribution in [0.1, 0.15) is 18.4 Å². The lowest BCUT2D eigenvalue weighted by Gasteiger charge is -2.09. The van der Waals surface area contributed by atoms with Crippen LogP contribution < -0.4 is 11.2 Å². The van der Waals surface area contributed by atoms with E-state index in [1.165, 1.54) is 11.6 Å². The maximum absolute atomic E-state index is 12.9. The van der Waals surface area contributed by atoms with Gasteiger partial charge >= 0.3 is 5.69 Å². The lowest BCUT2D eigenvalue weighted by molar-refractivity contribution is 0.571. The van der Waals surface area contributed by atoms with Gasteiger partial charge in [0, 0.05) is 12.1 Å². The van der Waals surface area contributed by atoms with Crippen molar-refractivity contribution in [1.29, 1.82) is 0 Å². The highest BCUT2D eigenvalue weighted by Gasteiger charge is 2.33. The van der Waals surface area contributed by atoms with Crippen molar-refractivity contribution in [3.8, 4) is 0 Å². The summed E-state index contributed by atoms with van der Waals surface area (Å²) in [5.41, 5.74) is -0.444. The van der Waals surface area contributed by atoms with Gasteiger partial charge < -0.3 is 4.57 Å². The molecular formula is C17H17ClN4O4S. The molecule has 1 aliphatic carbocycles. The van der Waals surface area contributed by atoms with Crippen LogP contribution in [-0.2, 0) is 23.4 Å². The van der Waals surface area contributed by atoms with Gasteiger partial charge in [0.2, 0.25) is 15.0 Å². The highest BCUT2D eigenvalue weighted by molar-refractivity contribution is 7.91. The van der Waals surface area contributed by atoms with Crippen molar-refractivity contribution in [1.82, 2.24) is 19.1 Å². The topological polar surface area (TPSA) is 107 Å². The first-order chi connectivity index (χ1) is 12.8. The van der Waals surface area contributed by atoms with Crippen LogP contribution in [-0.4, -0.2) is 33.3 Å². The maximum atomic E-state index is 12.9. The Labute approximate surface area is 159 Å². The van der Waals surface area contributed by atoms with E-state index in [-0.39, 0.29) is 34.5 Å². The minimum Gasteiger partial charge on any atom is -0.304 e. The van der Waals surface area contributed by atoms with Gasteiger partial charge in [0.15, 0.2) is 11.2 Å². The molecule has 1 aliphatic rings. The Morgan fingerprint density at radius 2 is 1.89 bits per heavy atom. The van der Waals surface area contributed by atoms with Gasteiger partial charge in [-0.1, -0.05) is 23.7 Å². The van der Waals surface area contributed by atoms with E-state index in [4.69, 9.17) is 11.6 Å². The number of hydrogen-bond acceptors (Lipinski definition) is 5. The van der Waals surface area contributed by atoms with Crippen LogP contribution in [0.3, 0.4) is 0 Å². The van der Waals surface area contributed by atoms with Gasteiger partial charge in [-0.2, -0.15) is 4.98 Å². The van der Waals surface area contributed by atoms with Crippen molar-refractivity contribution in [2.75, 3.05) is 5.75 Å². The molecule has 0 amide bonds. The number of halogens is 1. The average Bonchev–Trinajstić information content (AvgIpc) is 3.31. The first-order valence-electron chi connectivity index (χ1n) is 8.43. The van der Waals surface area contributed by atoms with Crippen LogP contribution in [0.25, 0.3) is 11.2 Å². The average molecular weight is 409 g/mol. The predicted octanol–water partition coefficient (Wildman–Crippen LogP) is 1.31. The van der Waals surface area contributed by atoms with Crippen molar-refractivity contribution in [3.63, 3.8) is 0 Å². The van der Waals surface area contributed by atoms with E-state index in [1.54, 1.807) is 24.3 Å². The fourth-order valence-electron chi connectivity index (χ4n) is 3.04. The molecule has 2 heterocycles. The summed E-state index contributed by atoms with van der Waals surface area (Å²) in [4.78, 5) is 30.7. The largest absolute Gasteiger partial charge is 0.329 e. The van der Waals surface area contributed by atoms with E-state index in [2.05, 4.69) is 9.97 Å². The van der Waals surface area contributed by atoms with E-state index >= 15 is 0 Å². The van der Waals surface area contributed by atoms with Gasteiger partial charge in [-0.15, -0.1) is 0 Å². The molecule has 1 aromatic carbocycles. The third kappa shape index (κ3) is 3.32. The Morgan fingerprint density at radius 3 is 2.52 bits per heavy atom. The van der Waals surface area contributed by atoms with Crippen LogP contribution in [0.4, 0.5) is 0 Å². The number of H-pyrrole nitrogens is 1. The molecule has 8 nitrogen and oxygen atoms in total. The molecule has 10 heteroatoms. The van der Waals surface area contributed by atoms with Gasteiger partial charge in [-0.25, -0.2) is 13.2 Å². The number of nitrogens with one attached hydrogen (secondary N) is 1. The Kier molecular flexibility index (Phi) is 4.23. The van der Waals surface area contributed by atoms with E-state index < -0.39 is 21.1 Å². The number of sulfone groups is 1. The molecule has 0 radical (unpaired) electrons. The Balaban J connectivity index is 1.96. The van der Waals surface area contributed by atoms with Crippen LogP contribution in [0.15, 0.2) is 39.0 Å². The molecule has 4 rings (SSSR count). The molecule has 142 valence electrons. The summed E-state index contributed by atoms with van der Waals surface area (Å²) in [5, 5.41) is 0.363. The molecule has 1 N–H and O–H groups in total. The number of aromatic amines is 1. The summed E-state index contributed by atoms with van der Waals surface area (Å²) in [6.07, 6.45) is 1.74.